The van der Waals surface area contributed by atoms with Crippen molar-refractivity contribution in [3.8, 4) is 0 Å². The normalized spacial score (nSPS) is 10.7. The van der Waals surface area contributed by atoms with Gasteiger partial charge in [0.1, 0.15) is 0 Å². The zero-order valence-corrected chi connectivity index (χ0v) is 10.2. The Bertz CT molecular complexity index is 492. The smallest absolute Gasteiger partial charge is 0.174 e. The minimum Gasteiger partial charge on any atom is -0.293 e. The van der Waals surface area contributed by atoms with E-state index in [1.807, 2.05) is 23.6 Å². The number of ketones is 1. The third kappa shape index (κ3) is 1.72. The fourth-order valence-corrected chi connectivity index (χ4v) is 2.71. The molecule has 0 aliphatic heterocycles. The van der Waals surface area contributed by atoms with Crippen molar-refractivity contribution in [2.75, 3.05) is 5.33 Å². The molecule has 0 aliphatic carbocycles. The van der Waals surface area contributed by atoms with Crippen molar-refractivity contribution in [2.45, 2.75) is 0 Å². The average molecular weight is 290 g/mol. The van der Waals surface area contributed by atoms with Crippen LogP contribution in [0.3, 0.4) is 0 Å². The van der Waals surface area contributed by atoms with Gasteiger partial charge in [0.15, 0.2) is 5.78 Å². The van der Waals surface area contributed by atoms with Gasteiger partial charge < -0.3 is 0 Å². The fraction of sp³-hybridized carbons (Fsp3) is 0.100. The lowest BCUT2D eigenvalue weighted by Crippen LogP contribution is -1.97. The number of carbonyl (C=O) groups excluding carboxylic acids is 1. The maximum atomic E-state index is 11.5. The number of rotatable bonds is 2. The molecular weight excluding hydrogens is 284 g/mol. The molecule has 0 radical (unpaired) electrons. The lowest BCUT2D eigenvalue weighted by atomic mass is 10.1. The Balaban J connectivity index is 2.67. The van der Waals surface area contributed by atoms with Gasteiger partial charge in [0.05, 0.1) is 5.33 Å². The van der Waals surface area contributed by atoms with Crippen LogP contribution >= 0.6 is 38.9 Å². The number of hydrogen-bond donors (Lipinski definition) is 0. The molecule has 1 heterocycles. The maximum Gasteiger partial charge on any atom is 0.174 e. The van der Waals surface area contributed by atoms with Gasteiger partial charge >= 0.3 is 0 Å². The van der Waals surface area contributed by atoms with E-state index >= 15 is 0 Å². The van der Waals surface area contributed by atoms with Crippen molar-refractivity contribution >= 4 is 54.7 Å². The van der Waals surface area contributed by atoms with Crippen molar-refractivity contribution in [3.05, 3.63) is 34.2 Å². The predicted octanol–water partition coefficient (Wildman–Crippen LogP) is 4.13. The van der Waals surface area contributed by atoms with E-state index in [9.17, 15) is 4.79 Å². The Morgan fingerprint density at radius 3 is 3.00 bits per heavy atom. The third-order valence-corrected chi connectivity index (χ3v) is 3.67. The summed E-state index contributed by atoms with van der Waals surface area (Å²) in [6.45, 7) is 0. The van der Waals surface area contributed by atoms with Crippen LogP contribution in [0.2, 0.25) is 5.02 Å². The zero-order chi connectivity index (χ0) is 10.1. The molecule has 0 atom stereocenters. The number of Topliss-reactive ketones (excluding diaryl/α,β-unsaturated/α-hetero) is 1. The molecule has 1 aromatic carbocycles. The SMILES string of the molecule is O=C(CBr)c1csc2ccc(Cl)cc12. The second kappa shape index (κ2) is 4.01. The lowest BCUT2D eigenvalue weighted by Gasteiger charge is -1.95. The number of thiophene rings is 1. The van der Waals surface area contributed by atoms with Crippen molar-refractivity contribution in [1.82, 2.24) is 0 Å². The zero-order valence-electron chi connectivity index (χ0n) is 7.09. The number of carbonyl (C=O) groups is 1. The molecular formula is C10H6BrClOS. The highest BCUT2D eigenvalue weighted by Gasteiger charge is 2.10. The van der Waals surface area contributed by atoms with E-state index in [1.54, 1.807) is 11.3 Å². The van der Waals surface area contributed by atoms with Crippen molar-refractivity contribution in [1.29, 1.82) is 0 Å². The number of hydrogen-bond acceptors (Lipinski definition) is 2. The number of fused-ring (bicyclic) bond motifs is 1. The second-order valence-corrected chi connectivity index (χ2v) is 4.76. The molecule has 0 saturated heterocycles. The van der Waals surface area contributed by atoms with E-state index in [2.05, 4.69) is 15.9 Å². The van der Waals surface area contributed by atoms with E-state index in [0.29, 0.717) is 10.4 Å². The largest absolute Gasteiger partial charge is 0.293 e. The van der Waals surface area contributed by atoms with Gasteiger partial charge in [-0.15, -0.1) is 11.3 Å². The first-order chi connectivity index (χ1) is 6.72. The van der Waals surface area contributed by atoms with E-state index in [0.717, 1.165) is 15.6 Å². The molecule has 1 nitrogen and oxygen atoms in total. The van der Waals surface area contributed by atoms with Gasteiger partial charge in [-0.2, -0.15) is 0 Å². The number of alkyl halides is 1. The first-order valence-corrected chi connectivity index (χ1v) is 6.36. The van der Waals surface area contributed by atoms with E-state index in [1.165, 1.54) is 0 Å². The van der Waals surface area contributed by atoms with Crippen LogP contribution in [0.25, 0.3) is 10.1 Å². The molecule has 2 aromatic rings. The predicted molar refractivity (Wildman–Crippen MR) is 65.0 cm³/mol. The topological polar surface area (TPSA) is 17.1 Å². The Morgan fingerprint density at radius 1 is 1.50 bits per heavy atom. The molecule has 0 spiro atoms. The quantitative estimate of drug-likeness (QED) is 0.600. The summed E-state index contributed by atoms with van der Waals surface area (Å²) in [5, 5.41) is 3.85. The molecule has 0 fully saturated rings. The van der Waals surface area contributed by atoms with Crippen LogP contribution in [0, 0.1) is 0 Å². The van der Waals surface area contributed by atoms with Gasteiger partial charge in [-0.25, -0.2) is 0 Å². The van der Waals surface area contributed by atoms with Gasteiger partial charge in [0.25, 0.3) is 0 Å². The molecule has 0 amide bonds. The Hall–Kier alpha value is -0.380. The first-order valence-electron chi connectivity index (χ1n) is 3.98. The van der Waals surface area contributed by atoms with Crippen molar-refractivity contribution in [3.63, 3.8) is 0 Å². The molecule has 0 saturated carbocycles. The Morgan fingerprint density at radius 2 is 2.29 bits per heavy atom. The summed E-state index contributed by atoms with van der Waals surface area (Å²) in [5.74, 6) is 0.0958. The maximum absolute atomic E-state index is 11.5. The molecule has 2 rings (SSSR count). The van der Waals surface area contributed by atoms with Gasteiger partial charge in [-0.3, -0.25) is 4.79 Å². The van der Waals surface area contributed by atoms with Crippen LogP contribution in [0.15, 0.2) is 23.6 Å². The Kier molecular flexibility index (Phi) is 2.91. The monoisotopic (exact) mass is 288 g/mol. The average Bonchev–Trinajstić information content (AvgIpc) is 2.59. The summed E-state index contributed by atoms with van der Waals surface area (Å²) in [5.41, 5.74) is 0.754. The molecule has 72 valence electrons. The third-order valence-electron chi connectivity index (χ3n) is 1.96. The van der Waals surface area contributed by atoms with Crippen LogP contribution in [0.1, 0.15) is 10.4 Å². The van der Waals surface area contributed by atoms with Crippen LogP contribution in [0.5, 0.6) is 0 Å². The van der Waals surface area contributed by atoms with Crippen LogP contribution in [0.4, 0.5) is 0 Å². The summed E-state index contributed by atoms with van der Waals surface area (Å²) >= 11 is 10.6. The second-order valence-electron chi connectivity index (χ2n) is 2.85. The fourth-order valence-electron chi connectivity index (χ4n) is 1.29. The summed E-state index contributed by atoms with van der Waals surface area (Å²) in [6, 6.07) is 5.61. The molecule has 0 N–H and O–H groups in total. The Labute approximate surface area is 98.8 Å². The minimum atomic E-state index is 0.0958. The standard InChI is InChI=1S/C10H6BrClOS/c11-4-9(13)8-5-14-10-2-1-6(12)3-7(8)10/h1-3,5H,4H2. The summed E-state index contributed by atoms with van der Waals surface area (Å²) in [4.78, 5) is 11.5. The highest BCUT2D eigenvalue weighted by Crippen LogP contribution is 2.29. The lowest BCUT2D eigenvalue weighted by molar-refractivity contribution is 0.102. The van der Waals surface area contributed by atoms with Gasteiger partial charge in [0, 0.05) is 26.1 Å². The van der Waals surface area contributed by atoms with Crippen LogP contribution in [-0.4, -0.2) is 11.1 Å². The summed E-state index contributed by atoms with van der Waals surface area (Å²) in [6.07, 6.45) is 0. The molecule has 0 bridgehead atoms. The van der Waals surface area contributed by atoms with E-state index < -0.39 is 0 Å². The van der Waals surface area contributed by atoms with Gasteiger partial charge in [-0.05, 0) is 18.2 Å². The summed E-state index contributed by atoms with van der Waals surface area (Å²) < 4.78 is 1.10. The van der Waals surface area contributed by atoms with Crippen molar-refractivity contribution in [2.24, 2.45) is 0 Å². The van der Waals surface area contributed by atoms with Gasteiger partial charge in [-0.1, -0.05) is 27.5 Å². The first kappa shape index (κ1) is 10.1. The van der Waals surface area contributed by atoms with Crippen molar-refractivity contribution < 1.29 is 4.79 Å². The highest BCUT2D eigenvalue weighted by molar-refractivity contribution is 9.09. The molecule has 14 heavy (non-hydrogen) atoms. The number of halogens is 2. The highest BCUT2D eigenvalue weighted by atomic mass is 79.9. The van der Waals surface area contributed by atoms with Crippen LogP contribution < -0.4 is 0 Å². The van der Waals surface area contributed by atoms with E-state index in [4.69, 9.17) is 11.6 Å². The molecule has 4 heteroatoms. The minimum absolute atomic E-state index is 0.0958. The molecule has 1 aromatic heterocycles. The summed E-state index contributed by atoms with van der Waals surface area (Å²) in [7, 11) is 0. The molecule has 0 unspecified atom stereocenters. The molecule has 0 aliphatic rings. The van der Waals surface area contributed by atoms with Gasteiger partial charge in [0.2, 0.25) is 0 Å². The van der Waals surface area contributed by atoms with Crippen LogP contribution in [-0.2, 0) is 0 Å². The number of benzene rings is 1. The van der Waals surface area contributed by atoms with E-state index in [-0.39, 0.29) is 5.78 Å².